The molecule has 0 aliphatic heterocycles. The molecule has 0 saturated carbocycles. The maximum atomic E-state index is 11.6. The molecule has 6 nitrogen and oxygen atoms in total. The molecule has 0 heterocycles. The number of halogens is 1. The molecular formula is C18H31IN4O2. The highest BCUT2D eigenvalue weighted by atomic mass is 127. The minimum Gasteiger partial charge on any atom is -0.385 e. The van der Waals surface area contributed by atoms with E-state index in [1.165, 1.54) is 0 Å². The number of carbonyl (C=O) groups excluding carboxylic acids is 1. The highest BCUT2D eigenvalue weighted by Crippen LogP contribution is 2.11. The number of hydrogen-bond acceptors (Lipinski definition) is 3. The number of benzene rings is 1. The third-order valence-electron chi connectivity index (χ3n) is 3.30. The fraction of sp³-hybridized carbons (Fsp3) is 0.556. The lowest BCUT2D eigenvalue weighted by atomic mass is 10.2. The van der Waals surface area contributed by atoms with Gasteiger partial charge in [0.15, 0.2) is 5.96 Å². The monoisotopic (exact) mass is 462 g/mol. The van der Waals surface area contributed by atoms with Crippen LogP contribution in [0.4, 0.5) is 5.69 Å². The van der Waals surface area contributed by atoms with E-state index in [9.17, 15) is 4.79 Å². The lowest BCUT2D eigenvalue weighted by Crippen LogP contribution is -2.38. The minimum atomic E-state index is 0. The lowest BCUT2D eigenvalue weighted by Gasteiger charge is -2.11. The van der Waals surface area contributed by atoms with E-state index in [2.05, 4.69) is 20.9 Å². The number of carbonyl (C=O) groups is 1. The summed E-state index contributed by atoms with van der Waals surface area (Å²) in [6.07, 6.45) is 2.34. The van der Waals surface area contributed by atoms with Crippen LogP contribution in [0.25, 0.3) is 0 Å². The number of anilines is 1. The number of hydrogen-bond donors (Lipinski definition) is 3. The fourth-order valence-corrected chi connectivity index (χ4v) is 2.08. The van der Waals surface area contributed by atoms with Crippen LogP contribution < -0.4 is 16.0 Å². The van der Waals surface area contributed by atoms with E-state index in [0.717, 1.165) is 49.7 Å². The van der Waals surface area contributed by atoms with Gasteiger partial charge in [-0.1, -0.05) is 19.1 Å². The first-order chi connectivity index (χ1) is 11.7. The second-order valence-corrected chi connectivity index (χ2v) is 5.46. The quantitative estimate of drug-likeness (QED) is 0.216. The van der Waals surface area contributed by atoms with E-state index < -0.39 is 0 Å². The van der Waals surface area contributed by atoms with Crippen LogP contribution in [0.5, 0.6) is 0 Å². The molecule has 1 aromatic carbocycles. The van der Waals surface area contributed by atoms with Gasteiger partial charge in [0.1, 0.15) is 0 Å². The molecule has 1 aromatic rings. The van der Waals surface area contributed by atoms with Crippen molar-refractivity contribution >= 4 is 41.5 Å². The summed E-state index contributed by atoms with van der Waals surface area (Å²) in [5.74, 6) is 0.854. The van der Waals surface area contributed by atoms with Crippen molar-refractivity contribution in [3.05, 3.63) is 29.8 Å². The second-order valence-electron chi connectivity index (χ2n) is 5.46. The molecule has 0 radical (unpaired) electrons. The standard InChI is InChI=1S/C18H30N4O2.HI/c1-4-7-17(23)22-16-10-8-15(9-11-16)14-21-18(19-5-2)20-12-6-13-24-3;/h8-11H,4-7,12-14H2,1-3H3,(H,22,23)(H2,19,20,21);1H. The molecule has 1 rings (SSSR count). The Morgan fingerprint density at radius 1 is 1.16 bits per heavy atom. The molecule has 25 heavy (non-hydrogen) atoms. The molecule has 3 N–H and O–H groups in total. The number of methoxy groups -OCH3 is 1. The Bertz CT molecular complexity index is 506. The molecule has 7 heteroatoms. The highest BCUT2D eigenvalue weighted by molar-refractivity contribution is 14.0. The number of ether oxygens (including phenoxy) is 1. The van der Waals surface area contributed by atoms with E-state index in [1.54, 1.807) is 7.11 Å². The summed E-state index contributed by atoms with van der Waals surface area (Å²) in [5.41, 5.74) is 1.92. The Kier molecular flexibility index (Phi) is 14.1. The maximum Gasteiger partial charge on any atom is 0.224 e. The zero-order valence-electron chi connectivity index (χ0n) is 15.4. The zero-order valence-corrected chi connectivity index (χ0v) is 17.8. The Morgan fingerprint density at radius 2 is 1.88 bits per heavy atom. The van der Waals surface area contributed by atoms with Crippen LogP contribution in [0, 0.1) is 0 Å². The normalized spacial score (nSPS) is 10.8. The van der Waals surface area contributed by atoms with Crippen molar-refractivity contribution in [2.24, 2.45) is 4.99 Å². The van der Waals surface area contributed by atoms with Crippen LogP contribution in [-0.2, 0) is 16.1 Å². The molecule has 0 aliphatic carbocycles. The van der Waals surface area contributed by atoms with Gasteiger partial charge in [0.25, 0.3) is 0 Å². The summed E-state index contributed by atoms with van der Waals surface area (Å²) >= 11 is 0. The molecule has 0 saturated heterocycles. The van der Waals surface area contributed by atoms with Gasteiger partial charge in [0.2, 0.25) is 5.91 Å². The fourth-order valence-electron chi connectivity index (χ4n) is 2.08. The molecule has 0 unspecified atom stereocenters. The van der Waals surface area contributed by atoms with Crippen molar-refractivity contribution in [3.8, 4) is 0 Å². The Morgan fingerprint density at radius 3 is 2.48 bits per heavy atom. The van der Waals surface area contributed by atoms with Gasteiger partial charge in [0.05, 0.1) is 6.54 Å². The molecule has 1 amide bonds. The number of rotatable bonds is 10. The first-order valence-corrected chi connectivity index (χ1v) is 8.59. The topological polar surface area (TPSA) is 74.8 Å². The van der Waals surface area contributed by atoms with E-state index in [-0.39, 0.29) is 29.9 Å². The molecule has 0 bridgehead atoms. The van der Waals surface area contributed by atoms with Gasteiger partial charge in [0, 0.05) is 38.9 Å². The molecule has 142 valence electrons. The molecular weight excluding hydrogens is 431 g/mol. The zero-order chi connectivity index (χ0) is 17.6. The summed E-state index contributed by atoms with van der Waals surface area (Å²) in [7, 11) is 1.70. The lowest BCUT2D eigenvalue weighted by molar-refractivity contribution is -0.116. The number of amides is 1. The second kappa shape index (κ2) is 14.9. The summed E-state index contributed by atoms with van der Waals surface area (Å²) in [5, 5.41) is 9.39. The summed E-state index contributed by atoms with van der Waals surface area (Å²) in [6.45, 7) is 6.99. The summed E-state index contributed by atoms with van der Waals surface area (Å²) in [6, 6.07) is 7.80. The van der Waals surface area contributed by atoms with Gasteiger partial charge >= 0.3 is 0 Å². The number of nitrogens with zero attached hydrogens (tertiary/aromatic N) is 1. The van der Waals surface area contributed by atoms with E-state index in [1.807, 2.05) is 38.1 Å². The van der Waals surface area contributed by atoms with E-state index in [4.69, 9.17) is 4.74 Å². The van der Waals surface area contributed by atoms with E-state index in [0.29, 0.717) is 13.0 Å². The van der Waals surface area contributed by atoms with Crippen molar-refractivity contribution < 1.29 is 9.53 Å². The molecule has 0 spiro atoms. The predicted octanol–water partition coefficient (Wildman–Crippen LogP) is 3.13. The van der Waals surface area contributed by atoms with Gasteiger partial charge < -0.3 is 20.7 Å². The largest absolute Gasteiger partial charge is 0.385 e. The number of aliphatic imine (C=N–C) groups is 1. The van der Waals surface area contributed by atoms with Gasteiger partial charge in [-0.25, -0.2) is 4.99 Å². The number of nitrogens with one attached hydrogen (secondary N) is 3. The van der Waals surface area contributed by atoms with Crippen LogP contribution in [0.1, 0.15) is 38.7 Å². The SMILES string of the molecule is CCCC(=O)Nc1ccc(CN=C(NCC)NCCCOC)cc1.I. The van der Waals surface area contributed by atoms with Crippen LogP contribution in [0.15, 0.2) is 29.3 Å². The van der Waals surface area contributed by atoms with Gasteiger partial charge in [-0.3, -0.25) is 4.79 Å². The average Bonchev–Trinajstić information content (AvgIpc) is 2.58. The third kappa shape index (κ3) is 11.0. The molecule has 0 aromatic heterocycles. The number of guanidine groups is 1. The maximum absolute atomic E-state index is 11.6. The summed E-state index contributed by atoms with van der Waals surface area (Å²) < 4.78 is 5.04. The predicted molar refractivity (Wildman–Crippen MR) is 115 cm³/mol. The summed E-state index contributed by atoms with van der Waals surface area (Å²) in [4.78, 5) is 16.1. The molecule has 0 fully saturated rings. The van der Waals surface area contributed by atoms with Crippen molar-refractivity contribution in [1.82, 2.24) is 10.6 Å². The minimum absolute atomic E-state index is 0. The van der Waals surface area contributed by atoms with Crippen molar-refractivity contribution in [1.29, 1.82) is 0 Å². The Hall–Kier alpha value is -1.35. The van der Waals surface area contributed by atoms with Crippen molar-refractivity contribution in [2.75, 3.05) is 32.1 Å². The van der Waals surface area contributed by atoms with E-state index >= 15 is 0 Å². The van der Waals surface area contributed by atoms with Crippen LogP contribution in [0.3, 0.4) is 0 Å². The van der Waals surface area contributed by atoms with Crippen LogP contribution in [-0.4, -0.2) is 38.7 Å². The van der Waals surface area contributed by atoms with Crippen molar-refractivity contribution in [2.45, 2.75) is 39.7 Å². The van der Waals surface area contributed by atoms with Crippen molar-refractivity contribution in [3.63, 3.8) is 0 Å². The first kappa shape index (κ1) is 23.6. The molecule has 0 atom stereocenters. The highest BCUT2D eigenvalue weighted by Gasteiger charge is 2.01. The Labute approximate surface area is 168 Å². The van der Waals surface area contributed by atoms with Gasteiger partial charge in [-0.15, -0.1) is 24.0 Å². The smallest absolute Gasteiger partial charge is 0.224 e. The Balaban J connectivity index is 0.00000576. The van der Waals surface area contributed by atoms with Crippen LogP contribution in [0.2, 0.25) is 0 Å². The van der Waals surface area contributed by atoms with Crippen LogP contribution >= 0.6 is 24.0 Å². The molecule has 0 aliphatic rings. The third-order valence-corrected chi connectivity index (χ3v) is 3.30. The van der Waals surface area contributed by atoms with Gasteiger partial charge in [-0.2, -0.15) is 0 Å². The van der Waals surface area contributed by atoms with Gasteiger partial charge in [-0.05, 0) is 37.5 Å². The first-order valence-electron chi connectivity index (χ1n) is 8.59. The average molecular weight is 462 g/mol.